The van der Waals surface area contributed by atoms with Crippen LogP contribution in [0.1, 0.15) is 28.7 Å². The van der Waals surface area contributed by atoms with Crippen molar-refractivity contribution in [1.29, 1.82) is 0 Å². The van der Waals surface area contributed by atoms with Crippen LogP contribution in [0.25, 0.3) is 11.0 Å². The van der Waals surface area contributed by atoms with Crippen LogP contribution in [0.5, 0.6) is 0 Å². The van der Waals surface area contributed by atoms with Gasteiger partial charge in [0.1, 0.15) is 11.9 Å². The molecule has 1 aliphatic heterocycles. The molecule has 0 bridgehead atoms. The summed E-state index contributed by atoms with van der Waals surface area (Å²) in [5.74, 6) is 0.465. The van der Waals surface area contributed by atoms with Gasteiger partial charge >= 0.3 is 0 Å². The maximum absolute atomic E-state index is 12.8. The van der Waals surface area contributed by atoms with Gasteiger partial charge in [-0.15, -0.1) is 0 Å². The Morgan fingerprint density at radius 1 is 1.21 bits per heavy atom. The molecular formula is C22H24N4O3. The van der Waals surface area contributed by atoms with E-state index in [1.165, 1.54) is 0 Å². The zero-order valence-electron chi connectivity index (χ0n) is 16.6. The Hall–Kier alpha value is -3.19. The molecule has 1 aliphatic rings. The van der Waals surface area contributed by atoms with Crippen molar-refractivity contribution < 1.29 is 14.3 Å². The number of hydrogen-bond donors (Lipinski definition) is 1. The number of nitrogens with one attached hydrogen (secondary N) is 1. The number of nitrogens with zero attached hydrogens (tertiary/aromatic N) is 3. The normalized spacial score (nSPS) is 14.3. The molecule has 0 aliphatic carbocycles. The first-order valence-corrected chi connectivity index (χ1v) is 9.70. The van der Waals surface area contributed by atoms with Gasteiger partial charge in [0.05, 0.1) is 24.2 Å². The number of ether oxygens (including phenoxy) is 1. The molecule has 0 saturated heterocycles. The highest BCUT2D eigenvalue weighted by Crippen LogP contribution is 2.24. The minimum Gasteiger partial charge on any atom is -0.383 e. The number of imidazole rings is 1. The van der Waals surface area contributed by atoms with E-state index in [0.717, 1.165) is 22.4 Å². The molecule has 0 saturated carbocycles. The fourth-order valence-corrected chi connectivity index (χ4v) is 3.74. The van der Waals surface area contributed by atoms with Crippen LogP contribution in [0.15, 0.2) is 48.5 Å². The third-order valence-electron chi connectivity index (χ3n) is 5.37. The van der Waals surface area contributed by atoms with Crippen LogP contribution in [0.3, 0.4) is 0 Å². The monoisotopic (exact) mass is 392 g/mol. The molecule has 3 aromatic rings. The Kier molecular flexibility index (Phi) is 5.31. The molecule has 150 valence electrons. The molecular weight excluding hydrogens is 368 g/mol. The molecule has 1 N–H and O–H groups in total. The average molecular weight is 392 g/mol. The maximum Gasteiger partial charge on any atom is 0.255 e. The van der Waals surface area contributed by atoms with Crippen LogP contribution in [-0.2, 0) is 29.2 Å². The van der Waals surface area contributed by atoms with Crippen LogP contribution >= 0.6 is 0 Å². The summed E-state index contributed by atoms with van der Waals surface area (Å²) in [7, 11) is 1.66. The van der Waals surface area contributed by atoms with Gasteiger partial charge in [-0.1, -0.05) is 30.3 Å². The predicted molar refractivity (Wildman–Crippen MR) is 109 cm³/mol. The molecule has 0 fully saturated rings. The summed E-state index contributed by atoms with van der Waals surface area (Å²) in [4.78, 5) is 31.7. The predicted octanol–water partition coefficient (Wildman–Crippen LogP) is 2.34. The van der Waals surface area contributed by atoms with Crippen molar-refractivity contribution in [2.24, 2.45) is 0 Å². The third-order valence-corrected chi connectivity index (χ3v) is 5.37. The van der Waals surface area contributed by atoms with Crippen LogP contribution < -0.4 is 5.32 Å². The highest BCUT2D eigenvalue weighted by molar-refractivity contribution is 6.01. The van der Waals surface area contributed by atoms with E-state index in [1.807, 2.05) is 42.5 Å². The van der Waals surface area contributed by atoms with E-state index in [9.17, 15) is 9.59 Å². The number of fused-ring (bicyclic) bond motifs is 2. The number of rotatable bonds is 7. The van der Waals surface area contributed by atoms with Crippen molar-refractivity contribution in [2.75, 3.05) is 13.7 Å². The van der Waals surface area contributed by atoms with Gasteiger partial charge in [-0.3, -0.25) is 9.59 Å². The molecule has 0 unspecified atom stereocenters. The summed E-state index contributed by atoms with van der Waals surface area (Å²) >= 11 is 0. The number of hydrogen-bond acceptors (Lipinski definition) is 4. The minimum absolute atomic E-state index is 0.101. The van der Waals surface area contributed by atoms with Crippen molar-refractivity contribution in [3.63, 3.8) is 0 Å². The Balaban J connectivity index is 1.47. The Bertz CT molecular complexity index is 1060. The number of amides is 2. The maximum atomic E-state index is 12.8. The lowest BCUT2D eigenvalue weighted by atomic mass is 10.1. The lowest BCUT2D eigenvalue weighted by Crippen LogP contribution is -2.45. The Morgan fingerprint density at radius 2 is 1.97 bits per heavy atom. The summed E-state index contributed by atoms with van der Waals surface area (Å²) < 4.78 is 7.27. The third kappa shape index (κ3) is 3.61. The lowest BCUT2D eigenvalue weighted by Gasteiger charge is -2.23. The molecule has 4 rings (SSSR count). The molecule has 0 radical (unpaired) electrons. The molecule has 0 spiro atoms. The molecule has 2 heterocycles. The van der Waals surface area contributed by atoms with Gasteiger partial charge in [0.25, 0.3) is 5.91 Å². The Morgan fingerprint density at radius 3 is 2.76 bits per heavy atom. The first-order valence-electron chi connectivity index (χ1n) is 9.70. The van der Waals surface area contributed by atoms with Gasteiger partial charge in [-0.25, -0.2) is 4.98 Å². The highest BCUT2D eigenvalue weighted by Gasteiger charge is 2.33. The number of benzene rings is 2. The van der Waals surface area contributed by atoms with Crippen molar-refractivity contribution in [2.45, 2.75) is 32.6 Å². The van der Waals surface area contributed by atoms with E-state index in [0.29, 0.717) is 25.3 Å². The Labute approximate surface area is 169 Å². The second-order valence-electron chi connectivity index (χ2n) is 7.15. The van der Waals surface area contributed by atoms with Crippen molar-refractivity contribution in [3.8, 4) is 0 Å². The van der Waals surface area contributed by atoms with Crippen LogP contribution in [0, 0.1) is 0 Å². The summed E-state index contributed by atoms with van der Waals surface area (Å²) in [5, 5.41) is 2.94. The van der Waals surface area contributed by atoms with E-state index in [1.54, 1.807) is 25.0 Å². The van der Waals surface area contributed by atoms with Crippen molar-refractivity contribution >= 4 is 22.8 Å². The number of carbonyl (C=O) groups excluding carboxylic acids is 2. The first kappa shape index (κ1) is 19.1. The summed E-state index contributed by atoms with van der Waals surface area (Å²) in [6.07, 6.45) is 0. The minimum atomic E-state index is -0.563. The van der Waals surface area contributed by atoms with Gasteiger partial charge < -0.3 is 19.5 Å². The standard InChI is InChI=1S/C22H24N4O3/c1-15(26-14-16-7-3-4-8-17(16)22(26)28)21(27)23-13-20-24-18-9-5-6-10-19(18)25(20)11-12-29-2/h3-10,15H,11-14H2,1-2H3,(H,23,27)/t15-/m1/s1. The second kappa shape index (κ2) is 8.05. The average Bonchev–Trinajstić information content (AvgIpc) is 3.27. The van der Waals surface area contributed by atoms with E-state index < -0.39 is 6.04 Å². The SMILES string of the molecule is COCCn1c(CNC(=O)[C@@H](C)N2Cc3ccccc3C2=O)nc2ccccc21. The first-order chi connectivity index (χ1) is 14.1. The number of carbonyl (C=O) groups is 2. The van der Waals surface area contributed by atoms with Crippen molar-refractivity contribution in [3.05, 3.63) is 65.5 Å². The summed E-state index contributed by atoms with van der Waals surface area (Å²) in [6.45, 7) is 3.70. The molecule has 29 heavy (non-hydrogen) atoms. The molecule has 2 amide bonds. The van der Waals surface area contributed by atoms with E-state index >= 15 is 0 Å². The van der Waals surface area contributed by atoms with E-state index in [2.05, 4.69) is 14.9 Å². The lowest BCUT2D eigenvalue weighted by molar-refractivity contribution is -0.125. The molecule has 1 atom stereocenters. The summed E-state index contributed by atoms with van der Waals surface area (Å²) in [6, 6.07) is 14.8. The number of methoxy groups -OCH3 is 1. The van der Waals surface area contributed by atoms with Gasteiger partial charge in [0.15, 0.2) is 0 Å². The number of para-hydroxylation sites is 2. The van der Waals surface area contributed by atoms with Gasteiger partial charge in [0.2, 0.25) is 5.91 Å². The van der Waals surface area contributed by atoms with Crippen molar-refractivity contribution in [1.82, 2.24) is 19.8 Å². The van der Waals surface area contributed by atoms with Gasteiger partial charge in [-0.2, -0.15) is 0 Å². The topological polar surface area (TPSA) is 76.5 Å². The van der Waals surface area contributed by atoms with Gasteiger partial charge in [-0.05, 0) is 30.7 Å². The molecule has 2 aromatic carbocycles. The summed E-state index contributed by atoms with van der Waals surface area (Å²) in [5.41, 5.74) is 3.52. The zero-order chi connectivity index (χ0) is 20.4. The number of aromatic nitrogens is 2. The smallest absolute Gasteiger partial charge is 0.255 e. The van der Waals surface area contributed by atoms with E-state index in [4.69, 9.17) is 4.74 Å². The highest BCUT2D eigenvalue weighted by atomic mass is 16.5. The fourth-order valence-electron chi connectivity index (χ4n) is 3.74. The zero-order valence-corrected chi connectivity index (χ0v) is 16.6. The molecule has 7 heteroatoms. The fraction of sp³-hybridized carbons (Fsp3) is 0.318. The molecule has 7 nitrogen and oxygen atoms in total. The van der Waals surface area contributed by atoms with E-state index in [-0.39, 0.29) is 18.4 Å². The largest absolute Gasteiger partial charge is 0.383 e. The van der Waals surface area contributed by atoms with Crippen LogP contribution in [-0.4, -0.2) is 46.0 Å². The van der Waals surface area contributed by atoms with Crippen LogP contribution in [0.4, 0.5) is 0 Å². The second-order valence-corrected chi connectivity index (χ2v) is 7.15. The quantitative estimate of drug-likeness (QED) is 0.670. The molecule has 1 aromatic heterocycles. The van der Waals surface area contributed by atoms with Gasteiger partial charge in [0, 0.05) is 25.8 Å². The van der Waals surface area contributed by atoms with Crippen LogP contribution in [0.2, 0.25) is 0 Å².